The first-order chi connectivity index (χ1) is 7.84. The van der Waals surface area contributed by atoms with Crippen LogP contribution in [0.15, 0.2) is 18.2 Å². The van der Waals surface area contributed by atoms with Crippen molar-refractivity contribution in [2.24, 2.45) is 5.92 Å². The van der Waals surface area contributed by atoms with Crippen LogP contribution in [-0.2, 0) is 12.8 Å². The number of hydrogen-bond acceptors (Lipinski definition) is 0. The lowest BCUT2D eigenvalue weighted by Gasteiger charge is -2.31. The Kier molecular flexibility index (Phi) is 3.06. The maximum absolute atomic E-state index is 3.89. The first-order valence-electron chi connectivity index (χ1n) is 6.60. The van der Waals surface area contributed by atoms with Gasteiger partial charge in [-0.3, -0.25) is 0 Å². The van der Waals surface area contributed by atoms with E-state index in [0.29, 0.717) is 4.83 Å². The van der Waals surface area contributed by atoms with Gasteiger partial charge in [0.1, 0.15) is 0 Å². The third kappa shape index (κ3) is 1.95. The minimum absolute atomic E-state index is 0.605. The second kappa shape index (κ2) is 4.52. The van der Waals surface area contributed by atoms with Gasteiger partial charge in [0.25, 0.3) is 0 Å². The van der Waals surface area contributed by atoms with E-state index in [2.05, 4.69) is 34.1 Å². The van der Waals surface area contributed by atoms with Crippen LogP contribution in [0.3, 0.4) is 0 Å². The average Bonchev–Trinajstić information content (AvgIpc) is 2.26. The van der Waals surface area contributed by atoms with Crippen molar-refractivity contribution in [3.05, 3.63) is 34.9 Å². The molecule has 0 saturated heterocycles. The van der Waals surface area contributed by atoms with Crippen LogP contribution in [0.5, 0.6) is 0 Å². The summed E-state index contributed by atoms with van der Waals surface area (Å²) in [5.41, 5.74) is 4.74. The van der Waals surface area contributed by atoms with E-state index in [0.717, 1.165) is 5.92 Å². The minimum atomic E-state index is 0.605. The van der Waals surface area contributed by atoms with Crippen LogP contribution in [0.2, 0.25) is 0 Å². The van der Waals surface area contributed by atoms with E-state index in [1.807, 2.05) is 0 Å². The highest BCUT2D eigenvalue weighted by Gasteiger charge is 2.26. The molecule has 16 heavy (non-hydrogen) atoms. The van der Waals surface area contributed by atoms with Crippen molar-refractivity contribution >= 4 is 15.9 Å². The standard InChI is InChI=1S/C15H19Br/c16-15(12-6-3-7-12)14-9-8-11-4-1-2-5-13(11)10-14/h8-10,12,15H,1-7H2. The van der Waals surface area contributed by atoms with Crippen LogP contribution in [0.4, 0.5) is 0 Å². The molecule has 0 radical (unpaired) electrons. The molecule has 0 spiro atoms. The number of hydrogen-bond donors (Lipinski definition) is 0. The van der Waals surface area contributed by atoms with Crippen LogP contribution in [0, 0.1) is 5.92 Å². The minimum Gasteiger partial charge on any atom is -0.0836 e. The largest absolute Gasteiger partial charge is 0.0836 e. The van der Waals surface area contributed by atoms with Crippen LogP contribution in [0.25, 0.3) is 0 Å². The Bertz CT molecular complexity index is 379. The van der Waals surface area contributed by atoms with Crippen molar-refractivity contribution in [1.82, 2.24) is 0 Å². The summed E-state index contributed by atoms with van der Waals surface area (Å²) in [5, 5.41) is 0. The highest BCUT2D eigenvalue weighted by Crippen LogP contribution is 2.43. The fourth-order valence-electron chi connectivity index (χ4n) is 2.93. The van der Waals surface area contributed by atoms with E-state index >= 15 is 0 Å². The lowest BCUT2D eigenvalue weighted by Crippen LogP contribution is -2.16. The Labute approximate surface area is 107 Å². The van der Waals surface area contributed by atoms with Crippen LogP contribution in [-0.4, -0.2) is 0 Å². The van der Waals surface area contributed by atoms with Crippen molar-refractivity contribution in [1.29, 1.82) is 0 Å². The number of aryl methyl sites for hydroxylation is 2. The summed E-state index contributed by atoms with van der Waals surface area (Å²) >= 11 is 3.89. The van der Waals surface area contributed by atoms with Crippen molar-refractivity contribution in [3.8, 4) is 0 Å². The van der Waals surface area contributed by atoms with E-state index < -0.39 is 0 Å². The molecule has 2 aliphatic carbocycles. The summed E-state index contributed by atoms with van der Waals surface area (Å²) in [6.45, 7) is 0. The van der Waals surface area contributed by atoms with Crippen LogP contribution < -0.4 is 0 Å². The molecule has 1 atom stereocenters. The Hall–Kier alpha value is -0.300. The van der Waals surface area contributed by atoms with Crippen molar-refractivity contribution in [3.63, 3.8) is 0 Å². The van der Waals surface area contributed by atoms with Gasteiger partial charge in [-0.1, -0.05) is 40.5 Å². The van der Waals surface area contributed by atoms with Gasteiger partial charge < -0.3 is 0 Å². The number of halogens is 1. The van der Waals surface area contributed by atoms with Gasteiger partial charge in [-0.05, 0) is 61.1 Å². The molecular weight excluding hydrogens is 260 g/mol. The summed E-state index contributed by atoms with van der Waals surface area (Å²) < 4.78 is 0. The van der Waals surface area contributed by atoms with Crippen molar-refractivity contribution in [2.75, 3.05) is 0 Å². The first kappa shape index (κ1) is 10.8. The second-order valence-electron chi connectivity index (χ2n) is 5.33. The Morgan fingerprint density at radius 2 is 1.75 bits per heavy atom. The molecule has 1 unspecified atom stereocenters. The topological polar surface area (TPSA) is 0 Å². The maximum Gasteiger partial charge on any atom is 0.0423 e. The van der Waals surface area contributed by atoms with E-state index in [1.54, 1.807) is 11.1 Å². The van der Waals surface area contributed by atoms with E-state index in [1.165, 1.54) is 50.5 Å². The molecule has 3 rings (SSSR count). The summed E-state index contributed by atoms with van der Waals surface area (Å²) in [6, 6.07) is 7.19. The highest BCUT2D eigenvalue weighted by atomic mass is 79.9. The quantitative estimate of drug-likeness (QED) is 0.682. The lowest BCUT2D eigenvalue weighted by molar-refractivity contribution is 0.312. The molecule has 0 amide bonds. The zero-order valence-corrected chi connectivity index (χ0v) is 11.3. The zero-order chi connectivity index (χ0) is 11.0. The fourth-order valence-corrected chi connectivity index (χ4v) is 3.74. The predicted octanol–water partition coefficient (Wildman–Crippen LogP) is 4.80. The zero-order valence-electron chi connectivity index (χ0n) is 9.71. The molecule has 1 saturated carbocycles. The van der Waals surface area contributed by atoms with E-state index in [4.69, 9.17) is 0 Å². The molecule has 1 heteroatoms. The van der Waals surface area contributed by atoms with E-state index in [-0.39, 0.29) is 0 Å². The molecule has 0 aliphatic heterocycles. The number of benzene rings is 1. The SMILES string of the molecule is BrC(c1ccc2c(c1)CCCC2)C1CCC1. The summed E-state index contributed by atoms with van der Waals surface area (Å²) in [7, 11) is 0. The van der Waals surface area contributed by atoms with Gasteiger partial charge in [0.15, 0.2) is 0 Å². The average molecular weight is 279 g/mol. The smallest absolute Gasteiger partial charge is 0.0423 e. The van der Waals surface area contributed by atoms with Crippen LogP contribution >= 0.6 is 15.9 Å². The fraction of sp³-hybridized carbons (Fsp3) is 0.600. The molecule has 1 aromatic rings. The Balaban J connectivity index is 1.84. The Morgan fingerprint density at radius 1 is 1.00 bits per heavy atom. The van der Waals surface area contributed by atoms with Gasteiger partial charge >= 0.3 is 0 Å². The van der Waals surface area contributed by atoms with Gasteiger partial charge in [0.2, 0.25) is 0 Å². The molecule has 0 aromatic heterocycles. The normalized spacial score (nSPS) is 22.3. The second-order valence-corrected chi connectivity index (χ2v) is 6.31. The molecule has 0 nitrogen and oxygen atoms in total. The van der Waals surface area contributed by atoms with Gasteiger partial charge in [0, 0.05) is 4.83 Å². The third-order valence-electron chi connectivity index (χ3n) is 4.25. The van der Waals surface area contributed by atoms with Crippen molar-refractivity contribution < 1.29 is 0 Å². The molecule has 86 valence electrons. The molecule has 0 bridgehead atoms. The van der Waals surface area contributed by atoms with Crippen LogP contribution in [0.1, 0.15) is 53.6 Å². The lowest BCUT2D eigenvalue weighted by atomic mass is 9.80. The number of rotatable bonds is 2. The molecule has 1 aromatic carbocycles. The third-order valence-corrected chi connectivity index (χ3v) is 5.53. The van der Waals surface area contributed by atoms with Gasteiger partial charge in [-0.15, -0.1) is 0 Å². The highest BCUT2D eigenvalue weighted by molar-refractivity contribution is 9.09. The van der Waals surface area contributed by atoms with E-state index in [9.17, 15) is 0 Å². The number of alkyl halides is 1. The molecule has 2 aliphatic rings. The molecular formula is C15H19Br. The first-order valence-corrected chi connectivity index (χ1v) is 7.52. The summed E-state index contributed by atoms with van der Waals surface area (Å²) in [4.78, 5) is 0.605. The van der Waals surface area contributed by atoms with Gasteiger partial charge in [-0.2, -0.15) is 0 Å². The maximum atomic E-state index is 3.89. The number of fused-ring (bicyclic) bond motifs is 1. The monoisotopic (exact) mass is 278 g/mol. The summed E-state index contributed by atoms with van der Waals surface area (Å²) in [5.74, 6) is 0.890. The molecule has 1 fully saturated rings. The van der Waals surface area contributed by atoms with Crippen molar-refractivity contribution in [2.45, 2.75) is 49.8 Å². The van der Waals surface area contributed by atoms with Gasteiger partial charge in [-0.25, -0.2) is 0 Å². The molecule has 0 N–H and O–H groups in total. The predicted molar refractivity (Wildman–Crippen MR) is 72.1 cm³/mol. The molecule has 0 heterocycles. The Morgan fingerprint density at radius 3 is 2.44 bits per heavy atom. The summed E-state index contributed by atoms with van der Waals surface area (Å²) in [6.07, 6.45) is 9.61. The van der Waals surface area contributed by atoms with Gasteiger partial charge in [0.05, 0.1) is 0 Å².